The van der Waals surface area contributed by atoms with Crippen molar-refractivity contribution in [2.24, 2.45) is 0 Å². The SMILES string of the molecule is CCCOC(=O)C1=C(C)NC2=C(C(=O)CCC2)C1c1ccc(Br)cc1. The lowest BCUT2D eigenvalue weighted by Gasteiger charge is -2.34. The van der Waals surface area contributed by atoms with E-state index in [-0.39, 0.29) is 17.7 Å². The Balaban J connectivity index is 2.10. The fourth-order valence-corrected chi connectivity index (χ4v) is 3.78. The van der Waals surface area contributed by atoms with E-state index < -0.39 is 0 Å². The van der Waals surface area contributed by atoms with E-state index in [0.717, 1.165) is 46.3 Å². The first-order valence-electron chi connectivity index (χ1n) is 8.69. The number of carbonyl (C=O) groups excluding carboxylic acids is 2. The molecule has 1 aromatic carbocycles. The Bertz CT molecular complexity index is 762. The first kappa shape index (κ1) is 17.9. The molecule has 1 heterocycles. The number of nitrogens with one attached hydrogen (secondary N) is 1. The van der Waals surface area contributed by atoms with Crippen LogP contribution in [0, 0.1) is 0 Å². The van der Waals surface area contributed by atoms with Gasteiger partial charge in [-0.15, -0.1) is 0 Å². The molecular weight excluding hydrogens is 382 g/mol. The number of hydrogen-bond donors (Lipinski definition) is 1. The van der Waals surface area contributed by atoms with Gasteiger partial charge in [-0.25, -0.2) is 4.79 Å². The molecule has 0 fully saturated rings. The quantitative estimate of drug-likeness (QED) is 0.758. The number of benzene rings is 1. The second kappa shape index (κ2) is 7.56. The summed E-state index contributed by atoms with van der Waals surface area (Å²) < 4.78 is 6.37. The third-order valence-corrected chi connectivity index (χ3v) is 5.17. The van der Waals surface area contributed by atoms with Crippen molar-refractivity contribution in [3.05, 3.63) is 56.8 Å². The summed E-state index contributed by atoms with van der Waals surface area (Å²) in [5.41, 5.74) is 3.94. The van der Waals surface area contributed by atoms with Gasteiger partial charge in [0.15, 0.2) is 5.78 Å². The molecule has 1 atom stereocenters. The van der Waals surface area contributed by atoms with Gasteiger partial charge in [0.2, 0.25) is 0 Å². The highest BCUT2D eigenvalue weighted by atomic mass is 79.9. The van der Waals surface area contributed by atoms with Crippen LogP contribution < -0.4 is 5.32 Å². The average Bonchev–Trinajstić information content (AvgIpc) is 2.59. The zero-order valence-electron chi connectivity index (χ0n) is 14.5. The van der Waals surface area contributed by atoms with Crippen molar-refractivity contribution in [3.63, 3.8) is 0 Å². The molecule has 1 aliphatic heterocycles. The molecule has 0 radical (unpaired) electrons. The van der Waals surface area contributed by atoms with Crippen molar-refractivity contribution >= 4 is 27.7 Å². The zero-order chi connectivity index (χ0) is 18.0. The van der Waals surface area contributed by atoms with Crippen LogP contribution in [0.1, 0.15) is 51.0 Å². The number of esters is 1. The summed E-state index contributed by atoms with van der Waals surface area (Å²) in [6, 6.07) is 7.81. The maximum absolute atomic E-state index is 12.7. The molecular formula is C20H22BrNO3. The summed E-state index contributed by atoms with van der Waals surface area (Å²) in [4.78, 5) is 25.4. The minimum Gasteiger partial charge on any atom is -0.462 e. The van der Waals surface area contributed by atoms with E-state index in [1.165, 1.54) is 0 Å². The third kappa shape index (κ3) is 3.56. The van der Waals surface area contributed by atoms with Crippen LogP contribution in [0.15, 0.2) is 51.3 Å². The fraction of sp³-hybridized carbons (Fsp3) is 0.400. The molecule has 1 aromatic rings. The summed E-state index contributed by atoms with van der Waals surface area (Å²) in [6.07, 6.45) is 2.98. The highest BCUT2D eigenvalue weighted by molar-refractivity contribution is 9.10. The number of halogens is 1. The normalized spacial score (nSPS) is 20.3. The predicted octanol–water partition coefficient (Wildman–Crippen LogP) is 4.37. The number of allylic oxidation sites excluding steroid dienone is 3. The minimum atomic E-state index is -0.360. The Morgan fingerprint density at radius 3 is 2.68 bits per heavy atom. The van der Waals surface area contributed by atoms with Crippen molar-refractivity contribution in [2.45, 2.75) is 45.4 Å². The van der Waals surface area contributed by atoms with Crippen LogP contribution in [0.5, 0.6) is 0 Å². The summed E-state index contributed by atoms with van der Waals surface area (Å²) in [5, 5.41) is 3.30. The molecule has 0 saturated heterocycles. The molecule has 0 aromatic heterocycles. The predicted molar refractivity (Wildman–Crippen MR) is 99.9 cm³/mol. The molecule has 0 bridgehead atoms. The van der Waals surface area contributed by atoms with E-state index in [0.29, 0.717) is 18.6 Å². The van der Waals surface area contributed by atoms with Crippen LogP contribution in [-0.4, -0.2) is 18.4 Å². The van der Waals surface area contributed by atoms with Crippen molar-refractivity contribution in [1.29, 1.82) is 0 Å². The van der Waals surface area contributed by atoms with Crippen LogP contribution in [0.4, 0.5) is 0 Å². The van der Waals surface area contributed by atoms with Gasteiger partial charge in [0, 0.05) is 33.8 Å². The maximum Gasteiger partial charge on any atom is 0.336 e. The molecule has 4 nitrogen and oxygen atoms in total. The monoisotopic (exact) mass is 403 g/mol. The Morgan fingerprint density at radius 1 is 1.28 bits per heavy atom. The number of Topliss-reactive ketones (excluding diaryl/α,β-unsaturated/α-hetero) is 1. The molecule has 0 amide bonds. The lowest BCUT2D eigenvalue weighted by atomic mass is 9.75. The first-order valence-corrected chi connectivity index (χ1v) is 9.48. The Kier molecular flexibility index (Phi) is 5.42. The third-order valence-electron chi connectivity index (χ3n) is 4.64. The van der Waals surface area contributed by atoms with Crippen LogP contribution in [0.25, 0.3) is 0 Å². The van der Waals surface area contributed by atoms with Gasteiger partial charge in [-0.2, -0.15) is 0 Å². The van der Waals surface area contributed by atoms with Crippen molar-refractivity contribution in [3.8, 4) is 0 Å². The number of rotatable bonds is 4. The van der Waals surface area contributed by atoms with Crippen LogP contribution in [0.3, 0.4) is 0 Å². The Hall–Kier alpha value is -1.88. The van der Waals surface area contributed by atoms with Crippen molar-refractivity contribution in [2.75, 3.05) is 6.61 Å². The lowest BCUT2D eigenvalue weighted by molar-refractivity contribution is -0.139. The lowest BCUT2D eigenvalue weighted by Crippen LogP contribution is -2.34. The number of dihydropyridines is 1. The molecule has 5 heteroatoms. The van der Waals surface area contributed by atoms with E-state index in [2.05, 4.69) is 21.2 Å². The average molecular weight is 404 g/mol. The molecule has 132 valence electrons. The Labute approximate surface area is 156 Å². The maximum atomic E-state index is 12.7. The standard InChI is InChI=1S/C20H22BrNO3/c1-3-11-25-20(24)17-12(2)22-15-5-4-6-16(23)19(15)18(17)13-7-9-14(21)10-8-13/h7-10,18,22H,3-6,11H2,1-2H3. The summed E-state index contributed by atoms with van der Waals surface area (Å²) in [6.45, 7) is 4.23. The molecule has 1 unspecified atom stereocenters. The van der Waals surface area contributed by atoms with E-state index >= 15 is 0 Å². The van der Waals surface area contributed by atoms with Gasteiger partial charge in [0.05, 0.1) is 12.2 Å². The first-order chi connectivity index (χ1) is 12.0. The molecule has 3 rings (SSSR count). The van der Waals surface area contributed by atoms with E-state index in [1.54, 1.807) is 0 Å². The van der Waals surface area contributed by atoms with Crippen LogP contribution in [0.2, 0.25) is 0 Å². The minimum absolute atomic E-state index is 0.120. The van der Waals surface area contributed by atoms with E-state index in [9.17, 15) is 9.59 Å². The second-order valence-corrected chi connectivity index (χ2v) is 7.37. The van der Waals surface area contributed by atoms with Crippen LogP contribution in [-0.2, 0) is 14.3 Å². The van der Waals surface area contributed by atoms with Gasteiger partial charge in [-0.3, -0.25) is 4.79 Å². The number of ether oxygens (including phenoxy) is 1. The Morgan fingerprint density at radius 2 is 2.00 bits per heavy atom. The fourth-order valence-electron chi connectivity index (χ4n) is 3.51. The van der Waals surface area contributed by atoms with Crippen LogP contribution >= 0.6 is 15.9 Å². The van der Waals surface area contributed by atoms with Crippen molar-refractivity contribution < 1.29 is 14.3 Å². The zero-order valence-corrected chi connectivity index (χ0v) is 16.1. The summed E-state index contributed by atoms with van der Waals surface area (Å²) >= 11 is 3.45. The molecule has 1 N–H and O–H groups in total. The van der Waals surface area contributed by atoms with Gasteiger partial charge in [-0.05, 0) is 43.9 Å². The highest BCUT2D eigenvalue weighted by Gasteiger charge is 2.38. The van der Waals surface area contributed by atoms with Gasteiger partial charge >= 0.3 is 5.97 Å². The summed E-state index contributed by atoms with van der Waals surface area (Å²) in [7, 11) is 0. The smallest absolute Gasteiger partial charge is 0.336 e. The highest BCUT2D eigenvalue weighted by Crippen LogP contribution is 2.42. The van der Waals surface area contributed by atoms with Gasteiger partial charge < -0.3 is 10.1 Å². The summed E-state index contributed by atoms with van der Waals surface area (Å²) in [5.74, 6) is -0.582. The molecule has 0 saturated carbocycles. The second-order valence-electron chi connectivity index (χ2n) is 6.45. The molecule has 1 aliphatic carbocycles. The van der Waals surface area contributed by atoms with E-state index in [1.807, 2.05) is 38.1 Å². The molecule has 0 spiro atoms. The van der Waals surface area contributed by atoms with Gasteiger partial charge in [0.1, 0.15) is 0 Å². The molecule has 25 heavy (non-hydrogen) atoms. The van der Waals surface area contributed by atoms with Gasteiger partial charge in [-0.1, -0.05) is 35.0 Å². The molecule has 2 aliphatic rings. The number of hydrogen-bond acceptors (Lipinski definition) is 4. The number of carbonyl (C=O) groups is 2. The largest absolute Gasteiger partial charge is 0.462 e. The van der Waals surface area contributed by atoms with E-state index in [4.69, 9.17) is 4.74 Å². The van der Waals surface area contributed by atoms with Crippen molar-refractivity contribution in [1.82, 2.24) is 5.32 Å². The number of ketones is 1. The van der Waals surface area contributed by atoms with Gasteiger partial charge in [0.25, 0.3) is 0 Å². The topological polar surface area (TPSA) is 55.4 Å².